The predicted octanol–water partition coefficient (Wildman–Crippen LogP) is 2.74. The van der Waals surface area contributed by atoms with Gasteiger partial charge in [-0.05, 0) is 25.5 Å². The van der Waals surface area contributed by atoms with Crippen molar-refractivity contribution in [2.24, 2.45) is 0 Å². The zero-order valence-electron chi connectivity index (χ0n) is 13.3. The topological polar surface area (TPSA) is 75.4 Å². The fourth-order valence-electron chi connectivity index (χ4n) is 2.73. The largest absolute Gasteiger partial charge is 0.350 e. The van der Waals surface area contributed by atoms with Gasteiger partial charge in [-0.1, -0.05) is 28.9 Å². The van der Waals surface area contributed by atoms with Gasteiger partial charge in [0.25, 0.3) is 5.91 Å². The van der Waals surface area contributed by atoms with Gasteiger partial charge in [0.2, 0.25) is 11.7 Å². The third-order valence-corrected chi connectivity index (χ3v) is 4.13. The van der Waals surface area contributed by atoms with Gasteiger partial charge in [0, 0.05) is 42.2 Å². The lowest BCUT2D eigenvalue weighted by Gasteiger charge is -2.21. The van der Waals surface area contributed by atoms with Crippen molar-refractivity contribution >= 4 is 23.4 Å². The van der Waals surface area contributed by atoms with Gasteiger partial charge < -0.3 is 14.7 Å². The van der Waals surface area contributed by atoms with E-state index >= 15 is 0 Å². The molecule has 0 spiro atoms. The van der Waals surface area contributed by atoms with E-state index in [1.165, 1.54) is 0 Å². The summed E-state index contributed by atoms with van der Waals surface area (Å²) in [4.78, 5) is 25.6. The molecule has 6 nitrogen and oxygen atoms in total. The number of carbonyl (C=O) groups is 2. The molecule has 2 aromatic rings. The van der Waals surface area contributed by atoms with Crippen LogP contribution in [0, 0.1) is 0 Å². The van der Waals surface area contributed by atoms with Crippen LogP contribution in [0.15, 0.2) is 34.9 Å². The highest BCUT2D eigenvalue weighted by Crippen LogP contribution is 2.22. The third-order valence-electron chi connectivity index (χ3n) is 3.90. The summed E-state index contributed by atoms with van der Waals surface area (Å²) in [6.45, 7) is 3.11. The summed E-state index contributed by atoms with van der Waals surface area (Å²) in [6, 6.07) is 8.57. The Balaban J connectivity index is 1.62. The number of hydrogen-bond acceptors (Lipinski definition) is 4. The lowest BCUT2D eigenvalue weighted by molar-refractivity contribution is -0.127. The molecule has 2 amide bonds. The fourth-order valence-corrected chi connectivity index (χ4v) is 2.92. The number of nitrogens with one attached hydrogen (secondary N) is 1. The Hall–Kier alpha value is -2.34. The molecular formula is C17H18ClN3O3. The molecule has 24 heavy (non-hydrogen) atoms. The molecule has 126 valence electrons. The average molecular weight is 348 g/mol. The summed E-state index contributed by atoms with van der Waals surface area (Å²) >= 11 is 5.96. The quantitative estimate of drug-likeness (QED) is 0.902. The van der Waals surface area contributed by atoms with Gasteiger partial charge in [0.05, 0.1) is 0 Å². The van der Waals surface area contributed by atoms with Crippen LogP contribution in [0.5, 0.6) is 0 Å². The van der Waals surface area contributed by atoms with Crippen LogP contribution in [-0.4, -0.2) is 41.0 Å². The van der Waals surface area contributed by atoms with Crippen LogP contribution >= 0.6 is 11.6 Å². The van der Waals surface area contributed by atoms with Crippen LogP contribution in [0.25, 0.3) is 11.3 Å². The molecule has 1 aliphatic heterocycles. The molecule has 1 aromatic heterocycles. The molecule has 1 aliphatic rings. The Bertz CT molecular complexity index is 759. The van der Waals surface area contributed by atoms with Crippen molar-refractivity contribution in [2.75, 3.05) is 13.1 Å². The molecule has 2 heterocycles. The number of nitrogens with zero attached hydrogens (tertiary/aromatic N) is 2. The monoisotopic (exact) mass is 347 g/mol. The van der Waals surface area contributed by atoms with Crippen molar-refractivity contribution in [3.63, 3.8) is 0 Å². The standard InChI is InChI=1S/C17H18ClN3O3/c1-11(10-21-7-3-6-16(21)22)19-17(23)15-9-14(20-24-15)12-4-2-5-13(18)8-12/h2,4-5,8-9,11H,3,6-7,10H2,1H3,(H,19,23)/t11-/m0/s1. The second-order valence-corrected chi connectivity index (χ2v) is 6.34. The number of aromatic nitrogens is 1. The Morgan fingerprint density at radius 3 is 3.00 bits per heavy atom. The first-order chi connectivity index (χ1) is 11.5. The van der Waals surface area contributed by atoms with E-state index in [9.17, 15) is 9.59 Å². The van der Waals surface area contributed by atoms with Gasteiger partial charge in [0.1, 0.15) is 5.69 Å². The number of likely N-dealkylation sites (tertiary alicyclic amines) is 1. The predicted molar refractivity (Wildman–Crippen MR) is 89.7 cm³/mol. The van der Waals surface area contributed by atoms with Crippen molar-refractivity contribution in [1.82, 2.24) is 15.4 Å². The van der Waals surface area contributed by atoms with E-state index in [1.807, 2.05) is 13.0 Å². The minimum absolute atomic E-state index is 0.129. The maximum absolute atomic E-state index is 12.2. The minimum Gasteiger partial charge on any atom is -0.350 e. The second kappa shape index (κ2) is 7.05. The Morgan fingerprint density at radius 1 is 1.46 bits per heavy atom. The minimum atomic E-state index is -0.352. The normalized spacial score (nSPS) is 15.6. The molecule has 1 fully saturated rings. The molecule has 1 atom stereocenters. The first-order valence-corrected chi connectivity index (χ1v) is 8.22. The maximum Gasteiger partial charge on any atom is 0.290 e. The van der Waals surface area contributed by atoms with E-state index < -0.39 is 0 Å². The van der Waals surface area contributed by atoms with Crippen molar-refractivity contribution in [3.8, 4) is 11.3 Å². The SMILES string of the molecule is C[C@@H](CN1CCCC1=O)NC(=O)c1cc(-c2cccc(Cl)c2)no1. The van der Waals surface area contributed by atoms with E-state index in [2.05, 4.69) is 10.5 Å². The van der Waals surface area contributed by atoms with Crippen LogP contribution in [-0.2, 0) is 4.79 Å². The number of carbonyl (C=O) groups excluding carboxylic acids is 2. The van der Waals surface area contributed by atoms with E-state index in [-0.39, 0.29) is 23.6 Å². The molecule has 7 heteroatoms. The molecule has 1 N–H and O–H groups in total. The highest BCUT2D eigenvalue weighted by atomic mass is 35.5. The summed E-state index contributed by atoms with van der Waals surface area (Å²) in [5.74, 6) is -0.0847. The summed E-state index contributed by atoms with van der Waals surface area (Å²) in [6.07, 6.45) is 1.47. The highest BCUT2D eigenvalue weighted by Gasteiger charge is 2.23. The maximum atomic E-state index is 12.2. The van der Waals surface area contributed by atoms with E-state index in [1.54, 1.807) is 29.2 Å². The van der Waals surface area contributed by atoms with Crippen LogP contribution in [0.2, 0.25) is 5.02 Å². The Kier molecular flexibility index (Phi) is 4.85. The van der Waals surface area contributed by atoms with Crippen LogP contribution in [0.3, 0.4) is 0 Å². The second-order valence-electron chi connectivity index (χ2n) is 5.90. The van der Waals surface area contributed by atoms with Gasteiger partial charge in [0.15, 0.2) is 0 Å². The molecular weight excluding hydrogens is 330 g/mol. The van der Waals surface area contributed by atoms with Gasteiger partial charge in [-0.2, -0.15) is 0 Å². The molecule has 1 aromatic carbocycles. The summed E-state index contributed by atoms with van der Waals surface area (Å²) in [5.41, 5.74) is 1.33. The first kappa shape index (κ1) is 16.5. The first-order valence-electron chi connectivity index (χ1n) is 7.84. The number of halogens is 1. The van der Waals surface area contributed by atoms with E-state index in [0.717, 1.165) is 18.5 Å². The van der Waals surface area contributed by atoms with Crippen molar-refractivity contribution in [1.29, 1.82) is 0 Å². The summed E-state index contributed by atoms with van der Waals surface area (Å²) in [7, 11) is 0. The number of hydrogen-bond donors (Lipinski definition) is 1. The molecule has 0 radical (unpaired) electrons. The van der Waals surface area contributed by atoms with Crippen molar-refractivity contribution in [3.05, 3.63) is 41.1 Å². The summed E-state index contributed by atoms with van der Waals surface area (Å²) < 4.78 is 5.13. The smallest absolute Gasteiger partial charge is 0.290 e. The van der Waals surface area contributed by atoms with Crippen LogP contribution in [0.4, 0.5) is 0 Å². The molecule has 3 rings (SSSR count). The number of rotatable bonds is 5. The van der Waals surface area contributed by atoms with Crippen LogP contribution in [0.1, 0.15) is 30.3 Å². The van der Waals surface area contributed by atoms with Crippen molar-refractivity contribution in [2.45, 2.75) is 25.8 Å². The highest BCUT2D eigenvalue weighted by molar-refractivity contribution is 6.30. The van der Waals surface area contributed by atoms with Gasteiger partial charge >= 0.3 is 0 Å². The Morgan fingerprint density at radius 2 is 2.29 bits per heavy atom. The molecule has 0 unspecified atom stereocenters. The molecule has 0 saturated carbocycles. The third kappa shape index (κ3) is 3.76. The zero-order valence-corrected chi connectivity index (χ0v) is 14.0. The van der Waals surface area contributed by atoms with Crippen LogP contribution < -0.4 is 5.32 Å². The average Bonchev–Trinajstić information content (AvgIpc) is 3.17. The lowest BCUT2D eigenvalue weighted by atomic mass is 10.1. The van der Waals surface area contributed by atoms with Gasteiger partial charge in [-0.25, -0.2) is 0 Å². The van der Waals surface area contributed by atoms with Crippen molar-refractivity contribution < 1.29 is 14.1 Å². The number of amides is 2. The van der Waals surface area contributed by atoms with E-state index in [4.69, 9.17) is 16.1 Å². The summed E-state index contributed by atoms with van der Waals surface area (Å²) in [5, 5.41) is 7.33. The van der Waals surface area contributed by atoms with E-state index in [0.29, 0.717) is 23.7 Å². The van der Waals surface area contributed by atoms with Gasteiger partial charge in [-0.15, -0.1) is 0 Å². The molecule has 0 bridgehead atoms. The Labute approximate surface area is 144 Å². The number of benzene rings is 1. The molecule has 0 aliphatic carbocycles. The van der Waals surface area contributed by atoms with Gasteiger partial charge in [-0.3, -0.25) is 9.59 Å². The molecule has 1 saturated heterocycles. The zero-order chi connectivity index (χ0) is 17.1. The fraction of sp³-hybridized carbons (Fsp3) is 0.353. The lowest BCUT2D eigenvalue weighted by Crippen LogP contribution is -2.42.